The van der Waals surface area contributed by atoms with Gasteiger partial charge < -0.3 is 10.1 Å². The summed E-state index contributed by atoms with van der Waals surface area (Å²) in [5.41, 5.74) is 0.693. The van der Waals surface area contributed by atoms with Crippen molar-refractivity contribution in [3.63, 3.8) is 0 Å². The lowest BCUT2D eigenvalue weighted by Gasteiger charge is -2.09. The summed E-state index contributed by atoms with van der Waals surface area (Å²) in [5.74, 6) is -0.915. The second-order valence-electron chi connectivity index (χ2n) is 3.79. The fourth-order valence-corrected chi connectivity index (χ4v) is 1.88. The zero-order valence-electron chi connectivity index (χ0n) is 10.4. The second-order valence-corrected chi connectivity index (χ2v) is 4.66. The highest BCUT2D eigenvalue weighted by Crippen LogP contribution is 2.19. The molecule has 1 aromatic rings. The molecule has 0 bridgehead atoms. The Labute approximate surface area is 121 Å². The van der Waals surface area contributed by atoms with Crippen molar-refractivity contribution in [1.82, 2.24) is 5.32 Å². The quantitative estimate of drug-likeness (QED) is 0.687. The van der Waals surface area contributed by atoms with Gasteiger partial charge >= 0.3 is 5.97 Å². The Morgan fingerprint density at radius 3 is 2.37 bits per heavy atom. The molecular formula is C13H13Cl2NO3. The number of esters is 1. The van der Waals surface area contributed by atoms with Crippen LogP contribution < -0.4 is 5.32 Å². The molecule has 0 aliphatic rings. The number of rotatable bonds is 4. The molecule has 0 aliphatic heterocycles. The van der Waals surface area contributed by atoms with Gasteiger partial charge in [0.05, 0.1) is 7.11 Å². The average Bonchev–Trinajstić information content (AvgIpc) is 2.34. The van der Waals surface area contributed by atoms with Crippen LogP contribution >= 0.6 is 23.2 Å². The standard InChI is InChI=1S/C13H13Cl2NO3/c1-8(13(18)19-2)16-12(17)4-3-9-5-10(14)7-11(15)6-9/h3-8H,1-2H3,(H,16,17)/b4-3+/t8-/m0/s1. The van der Waals surface area contributed by atoms with E-state index in [0.717, 1.165) is 0 Å². The van der Waals surface area contributed by atoms with Crippen LogP contribution in [0, 0.1) is 0 Å². The van der Waals surface area contributed by atoms with Crippen molar-refractivity contribution in [3.8, 4) is 0 Å². The predicted octanol–water partition coefficient (Wildman–Crippen LogP) is 2.68. The van der Waals surface area contributed by atoms with Crippen LogP contribution in [0.5, 0.6) is 0 Å². The van der Waals surface area contributed by atoms with Gasteiger partial charge in [0.1, 0.15) is 6.04 Å². The number of carbonyl (C=O) groups excluding carboxylic acids is 2. The highest BCUT2D eigenvalue weighted by Gasteiger charge is 2.13. The van der Waals surface area contributed by atoms with Gasteiger partial charge in [0.15, 0.2) is 0 Å². The number of nitrogens with one attached hydrogen (secondary N) is 1. The van der Waals surface area contributed by atoms with Crippen LogP contribution in [0.4, 0.5) is 0 Å². The minimum atomic E-state index is -0.704. The first-order chi connectivity index (χ1) is 8.92. The minimum Gasteiger partial charge on any atom is -0.467 e. The fourth-order valence-electron chi connectivity index (χ4n) is 1.34. The molecule has 102 valence electrons. The summed E-state index contributed by atoms with van der Waals surface area (Å²) >= 11 is 11.7. The first kappa shape index (κ1) is 15.5. The predicted molar refractivity (Wildman–Crippen MR) is 75.1 cm³/mol. The van der Waals surface area contributed by atoms with E-state index in [1.165, 1.54) is 20.1 Å². The number of methoxy groups -OCH3 is 1. The molecule has 4 nitrogen and oxygen atoms in total. The lowest BCUT2D eigenvalue weighted by Crippen LogP contribution is -2.38. The van der Waals surface area contributed by atoms with E-state index in [9.17, 15) is 9.59 Å². The molecule has 0 spiro atoms. The highest BCUT2D eigenvalue weighted by molar-refractivity contribution is 6.34. The normalized spacial score (nSPS) is 12.2. The van der Waals surface area contributed by atoms with Crippen molar-refractivity contribution in [1.29, 1.82) is 0 Å². The number of hydrogen-bond donors (Lipinski definition) is 1. The highest BCUT2D eigenvalue weighted by atomic mass is 35.5. The molecule has 1 N–H and O–H groups in total. The lowest BCUT2D eigenvalue weighted by atomic mass is 10.2. The Kier molecular flexibility index (Phi) is 5.86. The first-order valence-corrected chi connectivity index (χ1v) is 6.20. The Bertz CT molecular complexity index is 494. The van der Waals surface area contributed by atoms with Crippen molar-refractivity contribution in [2.24, 2.45) is 0 Å². The number of amides is 1. The summed E-state index contributed by atoms with van der Waals surface area (Å²) in [6.45, 7) is 1.54. The lowest BCUT2D eigenvalue weighted by molar-refractivity contribution is -0.144. The summed E-state index contributed by atoms with van der Waals surface area (Å²) in [5, 5.41) is 3.43. The minimum absolute atomic E-state index is 0.408. The van der Waals surface area contributed by atoms with Crippen LogP contribution in [0.3, 0.4) is 0 Å². The van der Waals surface area contributed by atoms with Gasteiger partial charge in [0.2, 0.25) is 5.91 Å². The molecule has 0 aromatic heterocycles. The largest absolute Gasteiger partial charge is 0.467 e. The van der Waals surface area contributed by atoms with Gasteiger partial charge in [0.25, 0.3) is 0 Å². The molecule has 1 atom stereocenters. The first-order valence-electron chi connectivity index (χ1n) is 5.45. The van der Waals surface area contributed by atoms with Crippen molar-refractivity contribution in [2.45, 2.75) is 13.0 Å². The molecule has 0 saturated carbocycles. The van der Waals surface area contributed by atoms with Crippen molar-refractivity contribution in [2.75, 3.05) is 7.11 Å². The molecule has 0 fully saturated rings. The molecule has 19 heavy (non-hydrogen) atoms. The molecule has 0 radical (unpaired) electrons. The van der Waals surface area contributed by atoms with Gasteiger partial charge in [-0.25, -0.2) is 4.79 Å². The zero-order valence-corrected chi connectivity index (χ0v) is 12.0. The topological polar surface area (TPSA) is 55.4 Å². The van der Waals surface area contributed by atoms with Gasteiger partial charge in [-0.05, 0) is 36.8 Å². The van der Waals surface area contributed by atoms with E-state index in [-0.39, 0.29) is 0 Å². The summed E-state index contributed by atoms with van der Waals surface area (Å²) < 4.78 is 4.49. The Morgan fingerprint density at radius 2 is 1.84 bits per heavy atom. The smallest absolute Gasteiger partial charge is 0.328 e. The van der Waals surface area contributed by atoms with E-state index in [0.29, 0.717) is 15.6 Å². The molecule has 6 heteroatoms. The van der Waals surface area contributed by atoms with Crippen LogP contribution in [-0.2, 0) is 14.3 Å². The van der Waals surface area contributed by atoms with E-state index in [4.69, 9.17) is 23.2 Å². The van der Waals surface area contributed by atoms with E-state index < -0.39 is 17.9 Å². The Hall–Kier alpha value is -1.52. The summed E-state index contributed by atoms with van der Waals surface area (Å²) in [4.78, 5) is 22.7. The van der Waals surface area contributed by atoms with Crippen LogP contribution in [0.1, 0.15) is 12.5 Å². The second kappa shape index (κ2) is 7.16. The Balaban J connectivity index is 2.66. The molecule has 1 rings (SSSR count). The molecular weight excluding hydrogens is 289 g/mol. The third-order valence-corrected chi connectivity index (χ3v) is 2.66. The van der Waals surface area contributed by atoms with E-state index >= 15 is 0 Å². The van der Waals surface area contributed by atoms with E-state index in [1.54, 1.807) is 24.3 Å². The molecule has 1 amide bonds. The molecule has 1 aromatic carbocycles. The fraction of sp³-hybridized carbons (Fsp3) is 0.231. The van der Waals surface area contributed by atoms with Crippen molar-refractivity contribution >= 4 is 41.2 Å². The maximum atomic E-state index is 11.5. The van der Waals surface area contributed by atoms with Crippen molar-refractivity contribution in [3.05, 3.63) is 39.9 Å². The SMILES string of the molecule is COC(=O)[C@H](C)NC(=O)/C=C/c1cc(Cl)cc(Cl)c1. The molecule has 0 saturated heterocycles. The third-order valence-electron chi connectivity index (χ3n) is 2.23. The molecule has 0 heterocycles. The van der Waals surface area contributed by atoms with Crippen LogP contribution in [0.2, 0.25) is 10.0 Å². The molecule has 0 unspecified atom stereocenters. The van der Waals surface area contributed by atoms with Crippen molar-refractivity contribution < 1.29 is 14.3 Å². The van der Waals surface area contributed by atoms with Gasteiger partial charge in [-0.1, -0.05) is 23.2 Å². The van der Waals surface area contributed by atoms with Gasteiger partial charge in [-0.2, -0.15) is 0 Å². The van der Waals surface area contributed by atoms with Gasteiger partial charge in [-0.3, -0.25) is 4.79 Å². The van der Waals surface area contributed by atoms with Crippen LogP contribution in [0.25, 0.3) is 6.08 Å². The van der Waals surface area contributed by atoms with Crippen LogP contribution in [0.15, 0.2) is 24.3 Å². The Morgan fingerprint density at radius 1 is 1.26 bits per heavy atom. The number of halogens is 2. The molecule has 0 aliphatic carbocycles. The van der Waals surface area contributed by atoms with E-state index in [1.807, 2.05) is 0 Å². The number of hydrogen-bond acceptors (Lipinski definition) is 3. The summed E-state index contributed by atoms with van der Waals surface area (Å²) in [6.07, 6.45) is 2.85. The summed E-state index contributed by atoms with van der Waals surface area (Å²) in [7, 11) is 1.26. The van der Waals surface area contributed by atoms with Crippen LogP contribution in [-0.4, -0.2) is 25.0 Å². The van der Waals surface area contributed by atoms with Gasteiger partial charge in [-0.15, -0.1) is 0 Å². The average molecular weight is 302 g/mol. The zero-order chi connectivity index (χ0) is 14.4. The third kappa shape index (κ3) is 5.32. The monoisotopic (exact) mass is 301 g/mol. The van der Waals surface area contributed by atoms with Gasteiger partial charge in [0, 0.05) is 16.1 Å². The maximum absolute atomic E-state index is 11.5. The maximum Gasteiger partial charge on any atom is 0.328 e. The van der Waals surface area contributed by atoms with E-state index in [2.05, 4.69) is 10.1 Å². The summed E-state index contributed by atoms with van der Waals surface area (Å²) in [6, 6.07) is 4.23. The number of benzene rings is 1. The number of ether oxygens (including phenoxy) is 1. The number of carbonyl (C=O) groups is 2.